The maximum absolute atomic E-state index is 13.8. The minimum Gasteiger partial charge on any atom is -0.483 e. The van der Waals surface area contributed by atoms with Crippen molar-refractivity contribution in [3.05, 3.63) is 97.9 Å². The lowest BCUT2D eigenvalue weighted by Crippen LogP contribution is -2.53. The normalized spacial score (nSPS) is 12.9. The zero-order valence-corrected chi connectivity index (χ0v) is 26.7. The molecule has 3 aromatic rings. The fourth-order valence-corrected chi connectivity index (χ4v) is 4.95. The van der Waals surface area contributed by atoms with Gasteiger partial charge in [0, 0.05) is 19.0 Å². The maximum atomic E-state index is 13.8. The second kappa shape index (κ2) is 14.4. The molecule has 0 aliphatic rings. The lowest BCUT2D eigenvalue weighted by atomic mass is 9.87. The number of rotatable bonds is 11. The van der Waals surface area contributed by atoms with Gasteiger partial charge in [-0.1, -0.05) is 93.4 Å². The Morgan fingerprint density at radius 2 is 1.68 bits per heavy atom. The van der Waals surface area contributed by atoms with Crippen molar-refractivity contribution < 1.29 is 14.3 Å². The van der Waals surface area contributed by atoms with Crippen molar-refractivity contribution >= 4 is 50.9 Å². The Hall–Kier alpha value is -2.54. The summed E-state index contributed by atoms with van der Waals surface area (Å²) in [5.74, 6) is 0.0138. The Balaban J connectivity index is 1.94. The molecule has 5 nitrogen and oxygen atoms in total. The van der Waals surface area contributed by atoms with Crippen LogP contribution in [0.5, 0.6) is 5.75 Å². The topological polar surface area (TPSA) is 58.6 Å². The van der Waals surface area contributed by atoms with E-state index in [1.54, 1.807) is 17.0 Å². The number of carbonyl (C=O) groups is 2. The largest absolute Gasteiger partial charge is 0.483 e. The van der Waals surface area contributed by atoms with Crippen LogP contribution in [-0.4, -0.2) is 35.4 Å². The summed E-state index contributed by atoms with van der Waals surface area (Å²) in [7, 11) is 0. The van der Waals surface area contributed by atoms with E-state index in [0.29, 0.717) is 22.2 Å². The van der Waals surface area contributed by atoms with Crippen LogP contribution < -0.4 is 10.1 Å². The molecule has 214 valence electrons. The monoisotopic (exact) mass is 646 g/mol. The van der Waals surface area contributed by atoms with Crippen molar-refractivity contribution in [3.8, 4) is 5.75 Å². The highest BCUT2D eigenvalue weighted by Gasteiger charge is 2.31. The molecule has 0 heterocycles. The van der Waals surface area contributed by atoms with Crippen molar-refractivity contribution in [2.75, 3.05) is 6.61 Å². The molecule has 0 spiro atoms. The van der Waals surface area contributed by atoms with Gasteiger partial charge in [-0.25, -0.2) is 0 Å². The first-order valence-corrected chi connectivity index (χ1v) is 14.9. The highest BCUT2D eigenvalue weighted by molar-refractivity contribution is 9.10. The number of halogens is 3. The first kappa shape index (κ1) is 32.0. The quantitative estimate of drug-likeness (QED) is 0.230. The molecule has 3 aromatic carbocycles. The van der Waals surface area contributed by atoms with Gasteiger partial charge in [0.25, 0.3) is 5.91 Å². The number of carbonyl (C=O) groups excluding carboxylic acids is 2. The molecule has 0 aliphatic heterocycles. The molecule has 0 fully saturated rings. The number of amides is 2. The van der Waals surface area contributed by atoms with E-state index in [1.807, 2.05) is 68.4 Å². The molecule has 0 radical (unpaired) electrons. The van der Waals surface area contributed by atoms with Gasteiger partial charge in [0.15, 0.2) is 6.61 Å². The van der Waals surface area contributed by atoms with E-state index in [0.717, 1.165) is 27.6 Å². The molecule has 0 saturated heterocycles. The van der Waals surface area contributed by atoms with E-state index in [2.05, 4.69) is 42.0 Å². The number of hydrogen-bond donors (Lipinski definition) is 1. The van der Waals surface area contributed by atoms with E-state index >= 15 is 0 Å². The van der Waals surface area contributed by atoms with Crippen molar-refractivity contribution in [2.45, 2.75) is 71.5 Å². The molecule has 2 unspecified atom stereocenters. The maximum Gasteiger partial charge on any atom is 0.261 e. The molecule has 40 heavy (non-hydrogen) atoms. The summed E-state index contributed by atoms with van der Waals surface area (Å²) in [4.78, 5) is 29.1. The average Bonchev–Trinajstić information content (AvgIpc) is 2.91. The van der Waals surface area contributed by atoms with Gasteiger partial charge in [0.2, 0.25) is 5.91 Å². The summed E-state index contributed by atoms with van der Waals surface area (Å²) >= 11 is 16.0. The van der Waals surface area contributed by atoms with Crippen LogP contribution in [0.25, 0.3) is 0 Å². The predicted octanol–water partition coefficient (Wildman–Crippen LogP) is 7.99. The fourth-order valence-electron chi connectivity index (χ4n) is 4.14. The number of nitrogens with one attached hydrogen (secondary N) is 1. The lowest BCUT2D eigenvalue weighted by molar-refractivity contribution is -0.143. The third-order valence-electron chi connectivity index (χ3n) is 6.76. The molecular weight excluding hydrogens is 611 g/mol. The van der Waals surface area contributed by atoms with Crippen LogP contribution in [0.3, 0.4) is 0 Å². The predicted molar refractivity (Wildman–Crippen MR) is 167 cm³/mol. The number of hydrogen-bond acceptors (Lipinski definition) is 3. The molecule has 1 N–H and O–H groups in total. The van der Waals surface area contributed by atoms with Crippen LogP contribution in [0, 0.1) is 0 Å². The number of ether oxygens (including phenoxy) is 1. The summed E-state index contributed by atoms with van der Waals surface area (Å²) in [6.45, 7) is 10.3. The second-order valence-corrected chi connectivity index (χ2v) is 12.6. The van der Waals surface area contributed by atoms with Crippen LogP contribution in [0.15, 0.2) is 71.2 Å². The Bertz CT molecular complexity index is 1310. The van der Waals surface area contributed by atoms with Gasteiger partial charge in [-0.2, -0.15) is 0 Å². The molecule has 0 aliphatic carbocycles. The zero-order chi connectivity index (χ0) is 29.4. The van der Waals surface area contributed by atoms with Gasteiger partial charge in [-0.05, 0) is 75.6 Å². The third-order valence-corrected chi connectivity index (χ3v) is 8.12. The van der Waals surface area contributed by atoms with Gasteiger partial charge >= 0.3 is 0 Å². The molecule has 3 rings (SSSR count). The highest BCUT2D eigenvalue weighted by atomic mass is 79.9. The van der Waals surface area contributed by atoms with Crippen molar-refractivity contribution in [3.63, 3.8) is 0 Å². The van der Waals surface area contributed by atoms with E-state index in [4.69, 9.17) is 27.9 Å². The Morgan fingerprint density at radius 1 is 0.975 bits per heavy atom. The van der Waals surface area contributed by atoms with Crippen LogP contribution in [0.1, 0.15) is 57.7 Å². The second-order valence-electron chi connectivity index (χ2n) is 11.0. The SMILES string of the molecule is CCC(C)NC(=O)C(Cc1ccccc1)N(Cc1ccc(Cl)c(Cl)c1)C(=O)COc1ccc(C(C)(C)C)cc1Br. The van der Waals surface area contributed by atoms with Crippen LogP contribution in [-0.2, 0) is 28.0 Å². The third kappa shape index (κ3) is 8.98. The molecule has 0 saturated carbocycles. The number of nitrogens with zero attached hydrogens (tertiary/aromatic N) is 1. The van der Waals surface area contributed by atoms with Gasteiger partial charge in [0.1, 0.15) is 11.8 Å². The Kier molecular flexibility index (Phi) is 11.5. The van der Waals surface area contributed by atoms with E-state index < -0.39 is 6.04 Å². The van der Waals surface area contributed by atoms with Crippen LogP contribution in [0.4, 0.5) is 0 Å². The average molecular weight is 648 g/mol. The zero-order valence-electron chi connectivity index (χ0n) is 23.6. The minimum atomic E-state index is -0.770. The summed E-state index contributed by atoms with van der Waals surface area (Å²) < 4.78 is 6.76. The van der Waals surface area contributed by atoms with Gasteiger partial charge < -0.3 is 15.0 Å². The van der Waals surface area contributed by atoms with Crippen LogP contribution >= 0.6 is 39.1 Å². The van der Waals surface area contributed by atoms with Gasteiger partial charge in [-0.3, -0.25) is 9.59 Å². The first-order chi connectivity index (χ1) is 18.9. The molecule has 0 bridgehead atoms. The highest BCUT2D eigenvalue weighted by Crippen LogP contribution is 2.32. The van der Waals surface area contributed by atoms with Crippen molar-refractivity contribution in [1.82, 2.24) is 10.2 Å². The summed E-state index contributed by atoms with van der Waals surface area (Å²) in [6, 6.07) is 19.9. The lowest BCUT2D eigenvalue weighted by Gasteiger charge is -2.32. The Morgan fingerprint density at radius 3 is 2.27 bits per heavy atom. The van der Waals surface area contributed by atoms with E-state index in [9.17, 15) is 9.59 Å². The van der Waals surface area contributed by atoms with Crippen molar-refractivity contribution in [2.24, 2.45) is 0 Å². The van der Waals surface area contributed by atoms with Crippen molar-refractivity contribution in [1.29, 1.82) is 0 Å². The molecule has 2 atom stereocenters. The first-order valence-electron chi connectivity index (χ1n) is 13.4. The van der Waals surface area contributed by atoms with E-state index in [1.165, 1.54) is 0 Å². The van der Waals surface area contributed by atoms with Gasteiger partial charge in [-0.15, -0.1) is 0 Å². The Labute approximate surface area is 256 Å². The summed E-state index contributed by atoms with van der Waals surface area (Å²) in [6.07, 6.45) is 1.12. The van der Waals surface area contributed by atoms with Gasteiger partial charge in [0.05, 0.1) is 14.5 Å². The molecular formula is C32H37BrCl2N2O3. The molecule has 2 amide bonds. The molecule has 8 heteroatoms. The standard InChI is InChI=1S/C32H37BrCl2N2O3/c1-6-21(2)36-31(39)28(17-22-10-8-7-9-11-22)37(19-23-12-14-26(34)27(35)16-23)30(38)20-40-29-15-13-24(18-25(29)33)32(3,4)5/h7-16,18,21,28H,6,17,19-20H2,1-5H3,(H,36,39). The summed E-state index contributed by atoms with van der Waals surface area (Å²) in [5, 5.41) is 3.87. The summed E-state index contributed by atoms with van der Waals surface area (Å²) in [5.41, 5.74) is 2.82. The fraction of sp³-hybridized carbons (Fsp3) is 0.375. The van der Waals surface area contributed by atoms with E-state index in [-0.39, 0.29) is 36.4 Å². The smallest absolute Gasteiger partial charge is 0.261 e. The number of benzene rings is 3. The molecule has 0 aromatic heterocycles. The minimum absolute atomic E-state index is 0.0266. The van der Waals surface area contributed by atoms with Crippen LogP contribution in [0.2, 0.25) is 10.0 Å².